The van der Waals surface area contributed by atoms with Gasteiger partial charge in [-0.3, -0.25) is 29.0 Å². The van der Waals surface area contributed by atoms with E-state index in [1.54, 1.807) is 50.6 Å². The molecule has 0 saturated carbocycles. The zero-order chi connectivity index (χ0) is 35.8. The molecule has 4 aliphatic rings. The van der Waals surface area contributed by atoms with Crippen molar-refractivity contribution < 1.29 is 47.3 Å². The summed E-state index contributed by atoms with van der Waals surface area (Å²) >= 11 is 0. The van der Waals surface area contributed by atoms with Gasteiger partial charge in [-0.25, -0.2) is 0 Å². The largest absolute Gasteiger partial charge is 0.496 e. The highest BCUT2D eigenvalue weighted by Crippen LogP contribution is 2.53. The second-order valence-corrected chi connectivity index (χ2v) is 14.5. The first-order valence-corrected chi connectivity index (χ1v) is 17.1. The zero-order valence-corrected chi connectivity index (χ0v) is 28.7. The predicted molar refractivity (Wildman–Crippen MR) is 187 cm³/mol. The minimum atomic E-state index is -0.640. The molecule has 0 aliphatic heterocycles. The Morgan fingerprint density at radius 1 is 0.538 bits per heavy atom. The molecule has 0 N–H and O–H groups in total. The van der Waals surface area contributed by atoms with Gasteiger partial charge in [0.25, 0.3) is 0 Å². The van der Waals surface area contributed by atoms with Gasteiger partial charge in [-0.2, -0.15) is 0 Å². The maximum Gasteiger partial charge on any atom is 0.228 e. The maximum atomic E-state index is 13.9. The molecule has 4 aliphatic carbocycles. The molecule has 0 bridgehead atoms. The van der Waals surface area contributed by atoms with Crippen molar-refractivity contribution in [1.29, 1.82) is 0 Å². The first kappa shape index (κ1) is 30.6. The molecule has 10 nitrogen and oxygen atoms in total. The average molecular weight is 695 g/mol. The molecule has 2 heterocycles. The van der Waals surface area contributed by atoms with Gasteiger partial charge in [0.15, 0.2) is 34.6 Å². The predicted octanol–water partition coefficient (Wildman–Crippen LogP) is 8.22. The van der Waals surface area contributed by atoms with Crippen molar-refractivity contribution in [2.75, 3.05) is 14.2 Å². The summed E-state index contributed by atoms with van der Waals surface area (Å²) in [5.74, 6) is 1.55. The number of carbonyl (C=O) groups excluding carboxylic acids is 4. The van der Waals surface area contributed by atoms with Gasteiger partial charge in [0.1, 0.15) is 24.0 Å². The lowest BCUT2D eigenvalue weighted by atomic mass is 9.62. The van der Waals surface area contributed by atoms with Crippen LogP contribution in [0.1, 0.15) is 115 Å². The van der Waals surface area contributed by atoms with Crippen LogP contribution in [0.5, 0.6) is 23.0 Å². The SMILES string of the molecule is COc1ccc(OOc2ccc(OC)c3cc4c(cc23)[C@@]2(C)CCC(=O)c3coc(c32)C4=O)c2cc3c(cc12)[C@@]1(C)CCC(=O)c2coc(c21)C3=O. The van der Waals surface area contributed by atoms with Crippen molar-refractivity contribution in [2.45, 2.75) is 50.4 Å². The Morgan fingerprint density at radius 2 is 0.923 bits per heavy atom. The van der Waals surface area contributed by atoms with E-state index >= 15 is 0 Å². The van der Waals surface area contributed by atoms with Crippen molar-refractivity contribution in [2.24, 2.45) is 0 Å². The number of benzene rings is 4. The van der Waals surface area contributed by atoms with E-state index in [2.05, 4.69) is 0 Å². The van der Waals surface area contributed by atoms with Gasteiger partial charge in [-0.15, -0.1) is 0 Å². The van der Waals surface area contributed by atoms with Crippen molar-refractivity contribution in [3.8, 4) is 23.0 Å². The van der Waals surface area contributed by atoms with Crippen molar-refractivity contribution in [3.05, 3.63) is 117 Å². The lowest BCUT2D eigenvalue weighted by molar-refractivity contribution is -0.0969. The Labute approximate surface area is 296 Å². The number of rotatable bonds is 5. The number of ether oxygens (including phenoxy) is 2. The molecule has 10 heteroatoms. The van der Waals surface area contributed by atoms with Gasteiger partial charge in [-0.1, -0.05) is 13.8 Å². The highest BCUT2D eigenvalue weighted by atomic mass is 17.2. The molecule has 0 unspecified atom stereocenters. The molecular weight excluding hydrogens is 664 g/mol. The van der Waals surface area contributed by atoms with E-state index in [-0.39, 0.29) is 34.7 Å². The van der Waals surface area contributed by atoms with E-state index in [1.165, 1.54) is 12.5 Å². The molecule has 0 saturated heterocycles. The number of Topliss-reactive ketones (excluding diaryl/α,β-unsaturated/α-hetero) is 2. The molecule has 0 fully saturated rings. The molecule has 4 aromatic carbocycles. The molecule has 0 amide bonds. The number of hydrogen-bond donors (Lipinski definition) is 0. The number of methoxy groups -OCH3 is 2. The van der Waals surface area contributed by atoms with Crippen LogP contribution in [0.25, 0.3) is 21.5 Å². The van der Waals surface area contributed by atoms with Crippen LogP contribution in [0, 0.1) is 0 Å². The molecule has 10 rings (SSSR count). The monoisotopic (exact) mass is 694 g/mol. The van der Waals surface area contributed by atoms with E-state index in [9.17, 15) is 19.2 Å². The zero-order valence-electron chi connectivity index (χ0n) is 28.7. The summed E-state index contributed by atoms with van der Waals surface area (Å²) in [6, 6.07) is 14.4. The van der Waals surface area contributed by atoms with Gasteiger partial charge < -0.3 is 18.3 Å². The summed E-state index contributed by atoms with van der Waals surface area (Å²) in [5.41, 5.74) is 3.46. The molecule has 6 aromatic rings. The second kappa shape index (κ2) is 10.2. The molecule has 2 atom stereocenters. The third-order valence-electron chi connectivity index (χ3n) is 11.9. The maximum absolute atomic E-state index is 13.9. The number of furan rings is 2. The highest BCUT2D eigenvalue weighted by Gasteiger charge is 2.49. The van der Waals surface area contributed by atoms with Crippen LogP contribution in [0.4, 0.5) is 0 Å². The molecule has 0 radical (unpaired) electrons. The van der Waals surface area contributed by atoms with Gasteiger partial charge in [0, 0.05) is 67.5 Å². The van der Waals surface area contributed by atoms with Crippen LogP contribution < -0.4 is 19.2 Å². The average Bonchev–Trinajstić information content (AvgIpc) is 3.83. The fraction of sp³-hybridized carbons (Fsp3) is 0.238. The molecule has 0 spiro atoms. The van der Waals surface area contributed by atoms with Crippen LogP contribution in [0.15, 0.2) is 69.9 Å². The summed E-state index contributed by atoms with van der Waals surface area (Å²) in [7, 11) is 3.14. The minimum absolute atomic E-state index is 0.0259. The van der Waals surface area contributed by atoms with Crippen LogP contribution in [-0.2, 0) is 10.8 Å². The number of hydrogen-bond acceptors (Lipinski definition) is 10. The number of ketones is 4. The van der Waals surface area contributed by atoms with E-state index in [0.29, 0.717) is 104 Å². The smallest absolute Gasteiger partial charge is 0.228 e. The Kier molecular flexibility index (Phi) is 6.02. The fourth-order valence-corrected chi connectivity index (χ4v) is 9.14. The number of carbonyl (C=O) groups is 4. The third-order valence-corrected chi connectivity index (χ3v) is 11.9. The molecular formula is C42H30O10. The van der Waals surface area contributed by atoms with Gasteiger partial charge in [-0.05, 0) is 72.5 Å². The quantitative estimate of drug-likeness (QED) is 0.128. The normalized spacial score (nSPS) is 21.1. The van der Waals surface area contributed by atoms with Crippen molar-refractivity contribution in [3.63, 3.8) is 0 Å². The standard InChI is InChI=1S/C42H30O10/c1-41-11-9-29(43)25-17-50-40(35(25)41)38(46)24-14-20-21(15-27(24)41)32(48-4)6-7-33(20)51-52-34-8-5-31(47-3)19-13-23-28(16-22(19)34)42(2)12-10-30(44)26-18-49-39(36(26)42)37(23)45/h5-8,13-18H,9-12H2,1-4H3/t41-,42-/m1/s1. The van der Waals surface area contributed by atoms with E-state index in [1.807, 2.05) is 26.0 Å². The minimum Gasteiger partial charge on any atom is -0.496 e. The lowest BCUT2D eigenvalue weighted by Gasteiger charge is -2.38. The Hall–Kier alpha value is -6.16. The third kappa shape index (κ3) is 3.73. The molecule has 2 aromatic heterocycles. The van der Waals surface area contributed by atoms with Gasteiger partial charge in [0.2, 0.25) is 11.6 Å². The van der Waals surface area contributed by atoms with E-state index in [0.717, 1.165) is 11.1 Å². The van der Waals surface area contributed by atoms with Gasteiger partial charge in [0.05, 0.1) is 25.3 Å². The summed E-state index contributed by atoms with van der Waals surface area (Å²) in [4.78, 5) is 65.5. The van der Waals surface area contributed by atoms with E-state index < -0.39 is 10.8 Å². The Morgan fingerprint density at radius 3 is 1.37 bits per heavy atom. The summed E-state index contributed by atoms with van der Waals surface area (Å²) < 4.78 is 22.9. The van der Waals surface area contributed by atoms with E-state index in [4.69, 9.17) is 28.1 Å². The summed E-state index contributed by atoms with van der Waals surface area (Å²) in [5, 5.41) is 2.56. The first-order valence-electron chi connectivity index (χ1n) is 17.1. The molecule has 52 heavy (non-hydrogen) atoms. The fourth-order valence-electron chi connectivity index (χ4n) is 9.14. The van der Waals surface area contributed by atoms with Crippen LogP contribution in [-0.4, -0.2) is 37.4 Å². The molecule has 258 valence electrons. The summed E-state index contributed by atoms with van der Waals surface area (Å²) in [6.45, 7) is 4.08. The van der Waals surface area contributed by atoms with Gasteiger partial charge >= 0.3 is 0 Å². The second-order valence-electron chi connectivity index (χ2n) is 14.5. The van der Waals surface area contributed by atoms with Crippen LogP contribution in [0.2, 0.25) is 0 Å². The number of fused-ring (bicyclic) bond motifs is 6. The Balaban J connectivity index is 1.09. The van der Waals surface area contributed by atoms with Crippen LogP contribution in [0.3, 0.4) is 0 Å². The first-order chi connectivity index (χ1) is 25.1. The Bertz CT molecular complexity index is 2670. The van der Waals surface area contributed by atoms with Crippen LogP contribution >= 0.6 is 0 Å². The van der Waals surface area contributed by atoms with Crippen molar-refractivity contribution >= 4 is 44.7 Å². The topological polar surface area (TPSA) is 131 Å². The summed E-state index contributed by atoms with van der Waals surface area (Å²) in [6.07, 6.45) is 4.54. The lowest BCUT2D eigenvalue weighted by Crippen LogP contribution is -2.37. The highest BCUT2D eigenvalue weighted by molar-refractivity contribution is 6.18. The van der Waals surface area contributed by atoms with Crippen molar-refractivity contribution in [1.82, 2.24) is 0 Å².